The zero-order valence-corrected chi connectivity index (χ0v) is 17.3. The summed E-state index contributed by atoms with van der Waals surface area (Å²) in [4.78, 5) is 1.98. The van der Waals surface area contributed by atoms with Crippen molar-refractivity contribution >= 4 is 17.3 Å². The van der Waals surface area contributed by atoms with E-state index in [1.165, 1.54) is 6.33 Å². The fraction of sp³-hybridized carbons (Fsp3) is 0.400. The van der Waals surface area contributed by atoms with Crippen LogP contribution in [0.15, 0.2) is 24.7 Å². The first-order valence-corrected chi connectivity index (χ1v) is 9.73. The van der Waals surface area contributed by atoms with Gasteiger partial charge in [0.15, 0.2) is 11.5 Å². The number of halogens is 2. The summed E-state index contributed by atoms with van der Waals surface area (Å²) in [7, 11) is 3.60. The van der Waals surface area contributed by atoms with E-state index in [2.05, 4.69) is 21.4 Å². The van der Waals surface area contributed by atoms with Crippen LogP contribution in [0.2, 0.25) is 5.02 Å². The number of nitrogens with zero attached hydrogens (tertiary/aromatic N) is 7. The maximum absolute atomic E-state index is 15.4. The normalized spacial score (nSPS) is 16.1. The first-order valence-electron chi connectivity index (χ1n) is 9.35. The summed E-state index contributed by atoms with van der Waals surface area (Å²) in [5.41, 5.74) is 2.23. The quantitative estimate of drug-likeness (QED) is 0.656. The molecule has 0 unspecified atom stereocenters. The van der Waals surface area contributed by atoms with Crippen LogP contribution in [0.1, 0.15) is 29.9 Å². The summed E-state index contributed by atoms with van der Waals surface area (Å²) in [6.45, 7) is 2.78. The second-order valence-corrected chi connectivity index (χ2v) is 7.89. The Hall–Kier alpha value is -2.92. The Bertz CT molecular complexity index is 1100. The van der Waals surface area contributed by atoms with Crippen molar-refractivity contribution in [2.24, 2.45) is 14.1 Å². The first-order chi connectivity index (χ1) is 13.8. The maximum atomic E-state index is 15.4. The Morgan fingerprint density at radius 1 is 1.24 bits per heavy atom. The number of alkyl halides is 1. The first kappa shape index (κ1) is 19.4. The zero-order valence-electron chi connectivity index (χ0n) is 16.5. The molecule has 0 spiro atoms. The van der Waals surface area contributed by atoms with Gasteiger partial charge in [0, 0.05) is 51.8 Å². The Balaban J connectivity index is 1.64. The van der Waals surface area contributed by atoms with Crippen LogP contribution in [-0.2, 0) is 19.8 Å². The van der Waals surface area contributed by atoms with Gasteiger partial charge in [-0.1, -0.05) is 11.6 Å². The molecule has 1 aromatic carbocycles. The third-order valence-corrected chi connectivity index (χ3v) is 5.78. The van der Waals surface area contributed by atoms with Gasteiger partial charge in [-0.3, -0.25) is 4.68 Å². The highest BCUT2D eigenvalue weighted by Crippen LogP contribution is 2.41. The van der Waals surface area contributed by atoms with E-state index >= 15 is 4.39 Å². The van der Waals surface area contributed by atoms with Crippen LogP contribution in [0, 0.1) is 18.3 Å². The molecule has 2 aromatic heterocycles. The lowest BCUT2D eigenvalue weighted by Crippen LogP contribution is -2.42. The molecule has 0 bridgehead atoms. The summed E-state index contributed by atoms with van der Waals surface area (Å²) in [5.74, 6) is 0.339. The van der Waals surface area contributed by atoms with Gasteiger partial charge in [0.1, 0.15) is 12.4 Å². The number of piperidine rings is 1. The van der Waals surface area contributed by atoms with E-state index in [4.69, 9.17) is 11.6 Å². The number of hydrogen-bond acceptors (Lipinski definition) is 5. The molecule has 3 aromatic rings. The van der Waals surface area contributed by atoms with Crippen molar-refractivity contribution < 1.29 is 4.39 Å². The molecule has 4 rings (SSSR count). The van der Waals surface area contributed by atoms with Gasteiger partial charge in [0.05, 0.1) is 22.0 Å². The highest BCUT2D eigenvalue weighted by atomic mass is 35.5. The smallest absolute Gasteiger partial charge is 0.173 e. The van der Waals surface area contributed by atoms with Gasteiger partial charge in [0.25, 0.3) is 0 Å². The van der Waals surface area contributed by atoms with E-state index in [0.717, 1.165) is 16.8 Å². The predicted molar refractivity (Wildman–Crippen MR) is 108 cm³/mol. The molecule has 0 saturated carbocycles. The van der Waals surface area contributed by atoms with Gasteiger partial charge in [0.2, 0.25) is 0 Å². The van der Waals surface area contributed by atoms with Crippen molar-refractivity contribution in [2.75, 3.05) is 18.0 Å². The van der Waals surface area contributed by atoms with Crippen LogP contribution < -0.4 is 4.90 Å². The Morgan fingerprint density at radius 3 is 2.52 bits per heavy atom. The van der Waals surface area contributed by atoms with E-state index in [0.29, 0.717) is 35.2 Å². The standard InChI is InChI=1S/C20H21ClFN7/c1-13-16(11-28(3)26-13)14-8-15(10-23)18(17(21)9-14)29-6-4-20(22,5-7-29)19-25-24-12-27(19)2/h8-9,11-12H,4-7H2,1-3H3. The Morgan fingerprint density at radius 2 is 1.97 bits per heavy atom. The fourth-order valence-corrected chi connectivity index (χ4v) is 4.38. The van der Waals surface area contributed by atoms with Gasteiger partial charge >= 0.3 is 0 Å². The monoisotopic (exact) mass is 413 g/mol. The minimum Gasteiger partial charge on any atom is -0.369 e. The van der Waals surface area contributed by atoms with E-state index in [1.807, 2.05) is 37.2 Å². The molecule has 1 aliphatic heterocycles. The third kappa shape index (κ3) is 3.36. The Labute approximate surface area is 173 Å². The van der Waals surface area contributed by atoms with Gasteiger partial charge < -0.3 is 9.47 Å². The summed E-state index contributed by atoms with van der Waals surface area (Å²) >= 11 is 6.61. The third-order valence-electron chi connectivity index (χ3n) is 5.49. The molecule has 9 heteroatoms. The van der Waals surface area contributed by atoms with Crippen LogP contribution >= 0.6 is 11.6 Å². The Kier molecular flexibility index (Phi) is 4.79. The molecule has 0 aliphatic carbocycles. The largest absolute Gasteiger partial charge is 0.369 e. The number of aryl methyl sites for hydroxylation is 3. The van der Waals surface area contributed by atoms with E-state index < -0.39 is 5.67 Å². The molecule has 150 valence electrons. The van der Waals surface area contributed by atoms with E-state index in [1.54, 1.807) is 16.3 Å². The van der Waals surface area contributed by atoms with Gasteiger partial charge in [-0.15, -0.1) is 10.2 Å². The number of benzene rings is 1. The molecule has 1 saturated heterocycles. The number of rotatable bonds is 3. The topological polar surface area (TPSA) is 75.6 Å². The molecule has 0 amide bonds. The summed E-state index contributed by atoms with van der Waals surface area (Å²) < 4.78 is 18.8. The average Bonchev–Trinajstić information content (AvgIpc) is 3.27. The zero-order chi connectivity index (χ0) is 20.8. The number of hydrogen-bond donors (Lipinski definition) is 0. The van der Waals surface area contributed by atoms with Crippen molar-refractivity contribution in [1.82, 2.24) is 24.5 Å². The number of anilines is 1. The van der Waals surface area contributed by atoms with Gasteiger partial charge in [-0.25, -0.2) is 4.39 Å². The summed E-state index contributed by atoms with van der Waals surface area (Å²) in [5, 5.41) is 22.3. The predicted octanol–water partition coefficient (Wildman–Crippen LogP) is 3.51. The van der Waals surface area contributed by atoms with Crippen molar-refractivity contribution in [1.29, 1.82) is 5.26 Å². The minimum atomic E-state index is -1.53. The van der Waals surface area contributed by atoms with Crippen LogP contribution in [0.4, 0.5) is 10.1 Å². The lowest BCUT2D eigenvalue weighted by molar-refractivity contribution is 0.109. The minimum absolute atomic E-state index is 0.254. The van der Waals surface area contributed by atoms with Crippen molar-refractivity contribution in [3.05, 3.63) is 46.8 Å². The maximum Gasteiger partial charge on any atom is 0.173 e. The summed E-state index contributed by atoms with van der Waals surface area (Å²) in [6, 6.07) is 5.93. The average molecular weight is 414 g/mol. The molecule has 1 aliphatic rings. The molecular formula is C20H21ClFN7. The molecule has 0 N–H and O–H groups in total. The van der Waals surface area contributed by atoms with Gasteiger partial charge in [-0.2, -0.15) is 10.4 Å². The SMILES string of the molecule is Cc1nn(C)cc1-c1cc(Cl)c(N2CCC(F)(c3nncn3C)CC2)c(C#N)c1. The molecule has 0 radical (unpaired) electrons. The fourth-order valence-electron chi connectivity index (χ4n) is 4.04. The lowest BCUT2D eigenvalue weighted by Gasteiger charge is -2.37. The van der Waals surface area contributed by atoms with Crippen LogP contribution in [0.25, 0.3) is 11.1 Å². The highest BCUT2D eigenvalue weighted by molar-refractivity contribution is 6.34. The second-order valence-electron chi connectivity index (χ2n) is 7.49. The molecule has 0 atom stereocenters. The van der Waals surface area contributed by atoms with Crippen LogP contribution in [0.5, 0.6) is 0 Å². The van der Waals surface area contributed by atoms with E-state index in [-0.39, 0.29) is 12.8 Å². The summed E-state index contributed by atoms with van der Waals surface area (Å²) in [6.07, 6.45) is 3.92. The second kappa shape index (κ2) is 7.16. The lowest BCUT2D eigenvalue weighted by atomic mass is 9.91. The molecule has 3 heterocycles. The van der Waals surface area contributed by atoms with Crippen LogP contribution in [-0.4, -0.2) is 37.6 Å². The van der Waals surface area contributed by atoms with Crippen molar-refractivity contribution in [3.63, 3.8) is 0 Å². The molecule has 1 fully saturated rings. The highest BCUT2D eigenvalue weighted by Gasteiger charge is 2.40. The van der Waals surface area contributed by atoms with Crippen molar-refractivity contribution in [2.45, 2.75) is 25.4 Å². The number of nitriles is 1. The molecular weight excluding hydrogens is 393 g/mol. The number of aromatic nitrogens is 5. The van der Waals surface area contributed by atoms with Crippen LogP contribution in [0.3, 0.4) is 0 Å². The molecule has 29 heavy (non-hydrogen) atoms. The van der Waals surface area contributed by atoms with E-state index in [9.17, 15) is 5.26 Å². The molecule has 7 nitrogen and oxygen atoms in total. The van der Waals surface area contributed by atoms with Gasteiger partial charge in [-0.05, 0) is 24.6 Å². The van der Waals surface area contributed by atoms with Crippen molar-refractivity contribution in [3.8, 4) is 17.2 Å².